The summed E-state index contributed by atoms with van der Waals surface area (Å²) in [6, 6.07) is 0.226. The van der Waals surface area contributed by atoms with Crippen molar-refractivity contribution in [3.8, 4) is 0 Å². The van der Waals surface area contributed by atoms with Crippen LogP contribution >= 0.6 is 0 Å². The SMILES string of the molecule is CCC(C)(C(NC)c1cnccn1)N1CCCCC1. The van der Waals surface area contributed by atoms with E-state index in [0.717, 1.165) is 12.1 Å². The maximum absolute atomic E-state index is 4.51. The van der Waals surface area contributed by atoms with E-state index in [1.165, 1.54) is 32.4 Å². The second-order valence-corrected chi connectivity index (χ2v) is 5.61. The van der Waals surface area contributed by atoms with Gasteiger partial charge in [-0.15, -0.1) is 0 Å². The molecule has 0 bridgehead atoms. The molecular weight excluding hydrogens is 236 g/mol. The van der Waals surface area contributed by atoms with E-state index in [0.29, 0.717) is 0 Å². The molecule has 0 spiro atoms. The molecule has 2 atom stereocenters. The van der Waals surface area contributed by atoms with Crippen molar-refractivity contribution in [2.75, 3.05) is 20.1 Å². The van der Waals surface area contributed by atoms with Gasteiger partial charge in [-0.3, -0.25) is 14.9 Å². The van der Waals surface area contributed by atoms with Gasteiger partial charge in [0.2, 0.25) is 0 Å². The van der Waals surface area contributed by atoms with Crippen LogP contribution in [0.4, 0.5) is 0 Å². The van der Waals surface area contributed by atoms with Gasteiger partial charge in [0.25, 0.3) is 0 Å². The first-order chi connectivity index (χ1) is 9.22. The van der Waals surface area contributed by atoms with Crippen molar-refractivity contribution in [2.45, 2.75) is 51.1 Å². The Morgan fingerprint density at radius 2 is 2.05 bits per heavy atom. The van der Waals surface area contributed by atoms with Crippen molar-refractivity contribution >= 4 is 0 Å². The molecule has 2 rings (SSSR count). The standard InChI is InChI=1S/C15H26N4/c1-4-15(2,19-10-6-5-7-11-19)14(16-3)13-12-17-8-9-18-13/h8-9,12,14,16H,4-7,10-11H2,1-3H3. The molecule has 0 aliphatic carbocycles. The minimum absolute atomic E-state index is 0.102. The van der Waals surface area contributed by atoms with E-state index < -0.39 is 0 Å². The fraction of sp³-hybridized carbons (Fsp3) is 0.733. The van der Waals surface area contributed by atoms with E-state index >= 15 is 0 Å². The first-order valence-electron chi connectivity index (χ1n) is 7.40. The molecule has 4 heteroatoms. The highest BCUT2D eigenvalue weighted by Gasteiger charge is 2.39. The molecule has 0 radical (unpaired) electrons. The van der Waals surface area contributed by atoms with Gasteiger partial charge in [0.15, 0.2) is 0 Å². The van der Waals surface area contributed by atoms with Crippen LogP contribution in [0.3, 0.4) is 0 Å². The number of nitrogens with one attached hydrogen (secondary N) is 1. The number of aromatic nitrogens is 2. The van der Waals surface area contributed by atoms with Crippen LogP contribution in [0.1, 0.15) is 51.3 Å². The lowest BCUT2D eigenvalue weighted by atomic mass is 9.84. The monoisotopic (exact) mass is 262 g/mol. The van der Waals surface area contributed by atoms with E-state index in [9.17, 15) is 0 Å². The zero-order chi connectivity index (χ0) is 13.7. The topological polar surface area (TPSA) is 41.1 Å². The summed E-state index contributed by atoms with van der Waals surface area (Å²) in [5, 5.41) is 3.46. The van der Waals surface area contributed by atoms with E-state index in [1.54, 1.807) is 12.4 Å². The summed E-state index contributed by atoms with van der Waals surface area (Å²) in [5.74, 6) is 0. The van der Waals surface area contributed by atoms with Crippen LogP contribution in [0, 0.1) is 0 Å². The summed E-state index contributed by atoms with van der Waals surface area (Å²) < 4.78 is 0. The van der Waals surface area contributed by atoms with Crippen molar-refractivity contribution in [3.05, 3.63) is 24.3 Å². The first kappa shape index (κ1) is 14.4. The Kier molecular flexibility index (Phi) is 4.88. The van der Waals surface area contributed by atoms with Crippen LogP contribution in [0.15, 0.2) is 18.6 Å². The molecular formula is C15H26N4. The average molecular weight is 262 g/mol. The number of likely N-dealkylation sites (tertiary alicyclic amines) is 1. The summed E-state index contributed by atoms with van der Waals surface area (Å²) in [7, 11) is 2.03. The Balaban J connectivity index is 2.26. The fourth-order valence-electron chi connectivity index (χ4n) is 3.25. The zero-order valence-electron chi connectivity index (χ0n) is 12.4. The second-order valence-electron chi connectivity index (χ2n) is 5.61. The highest BCUT2D eigenvalue weighted by Crippen LogP contribution is 2.34. The third-order valence-electron chi connectivity index (χ3n) is 4.58. The molecule has 106 valence electrons. The maximum Gasteiger partial charge on any atom is 0.0774 e. The van der Waals surface area contributed by atoms with Crippen LogP contribution in [-0.2, 0) is 0 Å². The molecule has 1 aliphatic heterocycles. The Bertz CT molecular complexity index is 375. The maximum atomic E-state index is 4.51. The normalized spacial score (nSPS) is 21.8. The van der Waals surface area contributed by atoms with Gasteiger partial charge in [-0.05, 0) is 46.3 Å². The molecule has 1 fully saturated rings. The minimum atomic E-state index is 0.102. The van der Waals surface area contributed by atoms with Crippen LogP contribution < -0.4 is 5.32 Å². The molecule has 1 aliphatic rings. The molecule has 0 aromatic carbocycles. The quantitative estimate of drug-likeness (QED) is 0.884. The molecule has 1 aromatic heterocycles. The highest BCUT2D eigenvalue weighted by molar-refractivity contribution is 5.11. The van der Waals surface area contributed by atoms with Crippen molar-refractivity contribution in [1.29, 1.82) is 0 Å². The van der Waals surface area contributed by atoms with Gasteiger partial charge in [0.1, 0.15) is 0 Å². The van der Waals surface area contributed by atoms with Gasteiger partial charge in [-0.1, -0.05) is 13.3 Å². The number of hydrogen-bond acceptors (Lipinski definition) is 4. The Labute approximate surface area is 116 Å². The lowest BCUT2D eigenvalue weighted by Crippen LogP contribution is -2.55. The van der Waals surface area contributed by atoms with Crippen molar-refractivity contribution < 1.29 is 0 Å². The first-order valence-corrected chi connectivity index (χ1v) is 7.40. The molecule has 1 N–H and O–H groups in total. The summed E-state index contributed by atoms with van der Waals surface area (Å²) in [5.41, 5.74) is 1.14. The van der Waals surface area contributed by atoms with Gasteiger partial charge in [-0.2, -0.15) is 0 Å². The number of nitrogens with zero attached hydrogens (tertiary/aromatic N) is 3. The summed E-state index contributed by atoms with van der Waals surface area (Å²) in [6.45, 7) is 7.02. The fourth-order valence-corrected chi connectivity index (χ4v) is 3.25. The predicted octanol–water partition coefficient (Wildman–Crippen LogP) is 2.39. The number of hydrogen-bond donors (Lipinski definition) is 1. The van der Waals surface area contributed by atoms with Crippen LogP contribution in [0.2, 0.25) is 0 Å². The largest absolute Gasteiger partial charge is 0.310 e. The molecule has 1 aromatic rings. The third kappa shape index (κ3) is 2.95. The third-order valence-corrected chi connectivity index (χ3v) is 4.58. The lowest BCUT2D eigenvalue weighted by Gasteiger charge is -2.47. The van der Waals surface area contributed by atoms with Crippen LogP contribution in [0.5, 0.6) is 0 Å². The van der Waals surface area contributed by atoms with Crippen LogP contribution in [0.25, 0.3) is 0 Å². The van der Waals surface area contributed by atoms with Crippen molar-refractivity contribution in [3.63, 3.8) is 0 Å². The van der Waals surface area contributed by atoms with Gasteiger partial charge in [-0.25, -0.2) is 0 Å². The molecule has 2 unspecified atom stereocenters. The lowest BCUT2D eigenvalue weighted by molar-refractivity contribution is 0.0434. The van der Waals surface area contributed by atoms with Crippen molar-refractivity contribution in [2.24, 2.45) is 0 Å². The van der Waals surface area contributed by atoms with Gasteiger partial charge in [0.05, 0.1) is 17.9 Å². The summed E-state index contributed by atoms with van der Waals surface area (Å²) in [6.07, 6.45) is 10.5. The Morgan fingerprint density at radius 3 is 2.58 bits per heavy atom. The molecule has 4 nitrogen and oxygen atoms in total. The molecule has 19 heavy (non-hydrogen) atoms. The minimum Gasteiger partial charge on any atom is -0.310 e. The van der Waals surface area contributed by atoms with Gasteiger partial charge >= 0.3 is 0 Å². The predicted molar refractivity (Wildman–Crippen MR) is 78.0 cm³/mol. The molecule has 0 saturated carbocycles. The molecule has 1 saturated heterocycles. The number of piperidine rings is 1. The number of likely N-dealkylation sites (N-methyl/N-ethyl adjacent to an activating group) is 1. The summed E-state index contributed by atoms with van der Waals surface area (Å²) >= 11 is 0. The van der Waals surface area contributed by atoms with E-state index in [1.807, 2.05) is 13.2 Å². The van der Waals surface area contributed by atoms with E-state index in [-0.39, 0.29) is 11.6 Å². The van der Waals surface area contributed by atoms with Gasteiger partial charge in [0, 0.05) is 17.9 Å². The average Bonchev–Trinajstić information content (AvgIpc) is 2.49. The highest BCUT2D eigenvalue weighted by atomic mass is 15.2. The summed E-state index contributed by atoms with van der Waals surface area (Å²) in [4.78, 5) is 11.4. The molecule has 0 amide bonds. The van der Waals surface area contributed by atoms with E-state index in [2.05, 4.69) is 34.0 Å². The molecule has 2 heterocycles. The Hall–Kier alpha value is -1.00. The van der Waals surface area contributed by atoms with Crippen molar-refractivity contribution in [1.82, 2.24) is 20.2 Å². The smallest absolute Gasteiger partial charge is 0.0774 e. The second kappa shape index (κ2) is 6.44. The zero-order valence-corrected chi connectivity index (χ0v) is 12.4. The Morgan fingerprint density at radius 1 is 1.32 bits per heavy atom. The van der Waals surface area contributed by atoms with Crippen LogP contribution in [-0.4, -0.2) is 40.5 Å². The van der Waals surface area contributed by atoms with E-state index in [4.69, 9.17) is 0 Å². The number of rotatable bonds is 5. The van der Waals surface area contributed by atoms with Gasteiger partial charge < -0.3 is 5.32 Å².